The summed E-state index contributed by atoms with van der Waals surface area (Å²) in [4.78, 5) is 152. The van der Waals surface area contributed by atoms with Crippen LogP contribution in [0.4, 0.5) is 10.5 Å². The Balaban J connectivity index is 2.07. The molecule has 0 bridgehead atoms. The number of nitrogens with zero attached hydrogens (tertiary/aromatic N) is 1. The van der Waals surface area contributed by atoms with Gasteiger partial charge in [-0.05, 0) is 68.1 Å². The van der Waals surface area contributed by atoms with Gasteiger partial charge in [-0.2, -0.15) is 0 Å². The Morgan fingerprint density at radius 3 is 1.42 bits per heavy atom. The normalized spacial score (nSPS) is 13.9. The van der Waals surface area contributed by atoms with Crippen molar-refractivity contribution in [2.24, 2.45) is 17.6 Å². The summed E-state index contributed by atoms with van der Waals surface area (Å²) < 4.78 is 21.6. The van der Waals surface area contributed by atoms with Gasteiger partial charge in [0, 0.05) is 50.1 Å². The summed E-state index contributed by atoms with van der Waals surface area (Å²) >= 11 is 0. The minimum Gasteiger partial charge on any atom is -0.481 e. The van der Waals surface area contributed by atoms with E-state index in [-0.39, 0.29) is 85.2 Å². The first kappa shape index (κ1) is 67.5. The third-order valence-electron chi connectivity index (χ3n) is 11.5. The van der Waals surface area contributed by atoms with Crippen molar-refractivity contribution in [3.63, 3.8) is 0 Å². The van der Waals surface area contributed by atoms with Gasteiger partial charge in [0.25, 0.3) is 11.8 Å². The molecule has 2 rings (SSSR count). The number of carboxylic acid groups (broad SMARTS) is 3. The van der Waals surface area contributed by atoms with Crippen LogP contribution < -0.4 is 43.0 Å². The van der Waals surface area contributed by atoms with E-state index in [0.717, 1.165) is 16.9 Å². The van der Waals surface area contributed by atoms with Crippen molar-refractivity contribution in [2.75, 3.05) is 71.3 Å². The molecular weight excluding hydrogens is 1040 g/mol. The van der Waals surface area contributed by atoms with E-state index in [2.05, 4.69) is 51.1 Å². The molecule has 0 aliphatic carbocycles. The maximum absolute atomic E-state index is 14.0. The molecular formula is C51H77N9O19. The molecule has 0 unspecified atom stereocenters. The number of hydrogen-bond donors (Lipinski definition) is 11. The van der Waals surface area contributed by atoms with Gasteiger partial charge in [-0.3, -0.25) is 57.6 Å². The summed E-state index contributed by atoms with van der Waals surface area (Å²) in [7, 11) is 0. The predicted octanol–water partition coefficient (Wildman–Crippen LogP) is -0.672. The maximum atomic E-state index is 14.0. The van der Waals surface area contributed by atoms with Crippen molar-refractivity contribution in [3.05, 3.63) is 42.0 Å². The number of urea groups is 1. The number of carbonyl (C=O) groups excluding carboxylic acids is 9. The Hall–Kier alpha value is -7.56. The maximum Gasteiger partial charge on any atom is 0.312 e. The van der Waals surface area contributed by atoms with E-state index in [0.29, 0.717) is 11.6 Å². The SMILES string of the molecule is CC(C)Cc1ccc(NC(=O)[C@H](CCCNC(N)=O)NC(=O)[C@@H](NC(=O)[C@H](CCC(=O)O)NC(=O)[C@H](CCC(=O)O)NC(=O)[C@H](CCC(=O)O)NC(=O)CCOCCOCCOCCOCCN2C(=O)C=CC2=O)C(C)C)cc1. The first-order valence-corrected chi connectivity index (χ1v) is 25.9. The molecule has 0 radical (unpaired) electrons. The van der Waals surface area contributed by atoms with Gasteiger partial charge in [0.15, 0.2) is 0 Å². The molecule has 1 aromatic carbocycles. The van der Waals surface area contributed by atoms with Gasteiger partial charge in [0.2, 0.25) is 35.4 Å². The Kier molecular flexibility index (Phi) is 31.9. The molecule has 28 nitrogen and oxygen atoms in total. The second-order valence-electron chi connectivity index (χ2n) is 18.9. The van der Waals surface area contributed by atoms with E-state index in [1.54, 1.807) is 26.0 Å². The third kappa shape index (κ3) is 29.1. The van der Waals surface area contributed by atoms with E-state index in [9.17, 15) is 72.9 Å². The van der Waals surface area contributed by atoms with Crippen LogP contribution in [0, 0.1) is 11.8 Å². The number of aliphatic carboxylic acids is 3. The monoisotopic (exact) mass is 1120 g/mol. The van der Waals surface area contributed by atoms with Crippen molar-refractivity contribution in [1.29, 1.82) is 0 Å². The molecule has 28 heteroatoms. The van der Waals surface area contributed by atoms with E-state index in [1.165, 1.54) is 12.2 Å². The zero-order chi connectivity index (χ0) is 58.9. The summed E-state index contributed by atoms with van der Waals surface area (Å²) in [5, 5.41) is 45.7. The number of imide groups is 1. The Morgan fingerprint density at radius 1 is 0.532 bits per heavy atom. The number of carboxylic acids is 3. The van der Waals surface area contributed by atoms with E-state index < -0.39 is 146 Å². The molecule has 0 fully saturated rings. The summed E-state index contributed by atoms with van der Waals surface area (Å²) in [5.74, 6) is -10.7. The van der Waals surface area contributed by atoms with Crippen LogP contribution in [0.1, 0.15) is 91.0 Å². The van der Waals surface area contributed by atoms with Crippen LogP contribution in [-0.2, 0) is 78.1 Å². The van der Waals surface area contributed by atoms with Gasteiger partial charge in [-0.1, -0.05) is 39.8 Å². The van der Waals surface area contributed by atoms with Crippen LogP contribution in [0.25, 0.3) is 0 Å². The van der Waals surface area contributed by atoms with E-state index in [4.69, 9.17) is 24.7 Å². The molecule has 10 amide bonds. The predicted molar refractivity (Wildman–Crippen MR) is 279 cm³/mol. The largest absolute Gasteiger partial charge is 0.481 e. The minimum absolute atomic E-state index is 0.00410. The Labute approximate surface area is 457 Å². The van der Waals surface area contributed by atoms with Crippen molar-refractivity contribution < 1.29 is 91.8 Å². The number of nitrogens with one attached hydrogen (secondary N) is 7. The lowest BCUT2D eigenvalue weighted by atomic mass is 10.0. The average Bonchev–Trinajstić information content (AvgIpc) is 3.70. The molecule has 1 aromatic rings. The zero-order valence-corrected chi connectivity index (χ0v) is 45.0. The number of amides is 10. The average molecular weight is 1120 g/mol. The topological polar surface area (TPSA) is 416 Å². The highest BCUT2D eigenvalue weighted by Gasteiger charge is 2.34. The highest BCUT2D eigenvalue weighted by molar-refractivity contribution is 6.12. The number of primary amides is 1. The number of benzene rings is 1. The first-order chi connectivity index (χ1) is 37.5. The van der Waals surface area contributed by atoms with Gasteiger partial charge in [-0.15, -0.1) is 0 Å². The molecule has 0 saturated carbocycles. The number of ether oxygens (including phenoxy) is 4. The summed E-state index contributed by atoms with van der Waals surface area (Å²) in [5.41, 5.74) is 6.65. The lowest BCUT2D eigenvalue weighted by molar-refractivity contribution is -0.140. The first-order valence-electron chi connectivity index (χ1n) is 25.9. The quantitative estimate of drug-likeness (QED) is 0.0286. The molecule has 5 atom stereocenters. The smallest absolute Gasteiger partial charge is 0.312 e. The molecule has 0 spiro atoms. The van der Waals surface area contributed by atoms with Gasteiger partial charge in [0.05, 0.1) is 59.4 Å². The van der Waals surface area contributed by atoms with Crippen molar-refractivity contribution >= 4 is 76.9 Å². The fourth-order valence-electron chi connectivity index (χ4n) is 7.42. The van der Waals surface area contributed by atoms with Crippen molar-refractivity contribution in [2.45, 2.75) is 122 Å². The van der Waals surface area contributed by atoms with Crippen LogP contribution in [0.5, 0.6) is 0 Å². The molecule has 79 heavy (non-hydrogen) atoms. The molecule has 1 aliphatic heterocycles. The minimum atomic E-state index is -1.74. The number of carbonyl (C=O) groups is 12. The van der Waals surface area contributed by atoms with Crippen molar-refractivity contribution in [1.82, 2.24) is 36.8 Å². The number of nitrogens with two attached hydrogens (primary N) is 1. The summed E-state index contributed by atoms with van der Waals surface area (Å²) in [6.45, 7) is 8.51. The van der Waals surface area contributed by atoms with Gasteiger partial charge in [0.1, 0.15) is 30.2 Å². The van der Waals surface area contributed by atoms with E-state index >= 15 is 0 Å². The third-order valence-corrected chi connectivity index (χ3v) is 11.5. The Bertz CT molecular complexity index is 2230. The summed E-state index contributed by atoms with van der Waals surface area (Å²) in [6.07, 6.45) is -0.568. The second-order valence-corrected chi connectivity index (χ2v) is 18.9. The fourth-order valence-corrected chi connectivity index (χ4v) is 7.42. The number of anilines is 1. The van der Waals surface area contributed by atoms with Gasteiger partial charge in [-0.25, -0.2) is 4.79 Å². The van der Waals surface area contributed by atoms with Crippen molar-refractivity contribution in [3.8, 4) is 0 Å². The molecule has 440 valence electrons. The number of hydrogen-bond acceptors (Lipinski definition) is 16. The standard InChI is InChI=1S/C51H77N9O19/c1-31(2)30-33-7-9-34(10-8-33)54-46(70)35(6-5-20-53-51(52)75)58-50(74)45(32(3)4)59-49(73)38(13-18-44(68)69)57-48(72)37(12-17-43(66)67)56-47(71)36(11-16-42(64)65)55-39(61)19-22-76-24-26-78-28-29-79-27-25-77-23-21-60-40(62)14-15-41(60)63/h7-10,14-15,31-32,35-38,45H,5-6,11-13,16-30H2,1-4H3,(H,54,70)(H,55,61)(H,56,71)(H,57,72)(H,58,74)(H,59,73)(H,64,65)(H,66,67)(H,68,69)(H3,52,53,75)/t35-,36-,37-,38-,45-/m0/s1. The molecule has 0 aromatic heterocycles. The van der Waals surface area contributed by atoms with E-state index in [1.807, 2.05) is 12.1 Å². The lowest BCUT2D eigenvalue weighted by Gasteiger charge is -2.28. The fraction of sp³-hybridized carbons (Fsp3) is 0.608. The van der Waals surface area contributed by atoms with Crippen LogP contribution >= 0.6 is 0 Å². The molecule has 12 N–H and O–H groups in total. The molecule has 1 heterocycles. The Morgan fingerprint density at radius 2 is 0.962 bits per heavy atom. The van der Waals surface area contributed by atoms with Crippen LogP contribution in [-0.4, -0.2) is 188 Å². The van der Waals surface area contributed by atoms with Gasteiger partial charge < -0.3 is 77.2 Å². The second kappa shape index (κ2) is 37.3. The summed E-state index contributed by atoms with van der Waals surface area (Å²) in [6, 6.07) is -1.31. The highest BCUT2D eigenvalue weighted by atomic mass is 16.6. The highest BCUT2D eigenvalue weighted by Crippen LogP contribution is 2.15. The molecule has 0 saturated heterocycles. The van der Waals surface area contributed by atoms with Gasteiger partial charge >= 0.3 is 23.9 Å². The van der Waals surface area contributed by atoms with Crippen LogP contribution in [0.2, 0.25) is 0 Å². The van der Waals surface area contributed by atoms with Crippen LogP contribution in [0.3, 0.4) is 0 Å². The van der Waals surface area contributed by atoms with Crippen LogP contribution in [0.15, 0.2) is 36.4 Å². The zero-order valence-electron chi connectivity index (χ0n) is 45.0. The lowest BCUT2D eigenvalue weighted by Crippen LogP contribution is -2.60. The molecule has 1 aliphatic rings. The number of rotatable bonds is 42.